The molecule has 0 bridgehead atoms. The molecule has 2 aromatic rings. The zero-order valence-electron chi connectivity index (χ0n) is 13.2. The molecule has 0 aliphatic carbocycles. The molecule has 2 N–H and O–H groups in total. The van der Waals surface area contributed by atoms with E-state index >= 15 is 0 Å². The Morgan fingerprint density at radius 1 is 1.31 bits per heavy atom. The number of para-hydroxylation sites is 1. The van der Waals surface area contributed by atoms with Crippen LogP contribution in [0.3, 0.4) is 0 Å². The third-order valence-electron chi connectivity index (χ3n) is 3.11. The van der Waals surface area contributed by atoms with Gasteiger partial charge in [0.2, 0.25) is 0 Å². The topological polar surface area (TPSA) is 99.4 Å². The molecule has 26 heavy (non-hydrogen) atoms. The summed E-state index contributed by atoms with van der Waals surface area (Å²) in [4.78, 5) is 22.7. The Morgan fingerprint density at radius 2 is 2.04 bits per heavy atom. The second-order valence-corrected chi connectivity index (χ2v) is 6.14. The van der Waals surface area contributed by atoms with Crippen LogP contribution in [0.25, 0.3) is 6.08 Å². The summed E-state index contributed by atoms with van der Waals surface area (Å²) in [5.74, 6) is -2.06. The fourth-order valence-corrected chi connectivity index (χ4v) is 2.63. The molecule has 0 fully saturated rings. The molecule has 1 amide bonds. The smallest absolute Gasteiger partial charge is 0.341 e. The molecule has 0 unspecified atom stereocenters. The maximum absolute atomic E-state index is 13.6. The lowest BCUT2D eigenvalue weighted by molar-refractivity contribution is -0.139. The van der Waals surface area contributed by atoms with Crippen LogP contribution in [-0.2, 0) is 9.59 Å². The Hall–Kier alpha value is -2.93. The predicted molar refractivity (Wildman–Crippen MR) is 101 cm³/mol. The average Bonchev–Trinajstić information content (AvgIpc) is 2.60. The third-order valence-corrected chi connectivity index (χ3v) is 3.95. The van der Waals surface area contributed by atoms with Gasteiger partial charge in [0.15, 0.2) is 6.61 Å². The van der Waals surface area contributed by atoms with Crippen LogP contribution < -0.4 is 10.1 Å². The van der Waals surface area contributed by atoms with Crippen molar-refractivity contribution in [2.45, 2.75) is 0 Å². The lowest BCUT2D eigenvalue weighted by Crippen LogP contribution is -2.14. The number of nitrogens with one attached hydrogen (secondary N) is 1. The number of benzene rings is 2. The second-order valence-electron chi connectivity index (χ2n) is 4.98. The summed E-state index contributed by atoms with van der Waals surface area (Å²) in [6, 6.07) is 12.2. The first-order valence-electron chi connectivity index (χ1n) is 7.22. The summed E-state index contributed by atoms with van der Waals surface area (Å²) < 4.78 is 19.3. The van der Waals surface area contributed by atoms with Gasteiger partial charge in [0, 0.05) is 0 Å². The summed E-state index contributed by atoms with van der Waals surface area (Å²) >= 11 is 1.95. The number of halogens is 2. The van der Waals surface area contributed by atoms with Crippen molar-refractivity contribution >= 4 is 46.2 Å². The van der Waals surface area contributed by atoms with Crippen LogP contribution in [0.4, 0.5) is 10.1 Å². The number of nitrogens with zero attached hydrogens (tertiary/aromatic N) is 1. The Kier molecular flexibility index (Phi) is 6.68. The van der Waals surface area contributed by atoms with Crippen LogP contribution >= 0.6 is 22.6 Å². The standard InChI is InChI=1S/C18H12FIN2O4/c19-13-3-1-2-4-15(13)22-18(25)12(9-21)7-11-5-6-16(14(20)8-11)26-10-17(23)24/h1-8H,10H2,(H,22,25)(H,23,24)/b12-7-. The average molecular weight is 466 g/mol. The van der Waals surface area contributed by atoms with Crippen molar-refractivity contribution in [3.8, 4) is 11.8 Å². The van der Waals surface area contributed by atoms with Gasteiger partial charge in [0.25, 0.3) is 5.91 Å². The zero-order valence-corrected chi connectivity index (χ0v) is 15.4. The monoisotopic (exact) mass is 466 g/mol. The van der Waals surface area contributed by atoms with E-state index in [2.05, 4.69) is 5.32 Å². The Balaban J connectivity index is 2.19. The SMILES string of the molecule is N#C/C(=C/c1ccc(OCC(=O)O)c(I)c1)C(=O)Nc1ccccc1F. The van der Waals surface area contributed by atoms with Crippen molar-refractivity contribution in [1.82, 2.24) is 0 Å². The molecular weight excluding hydrogens is 454 g/mol. The van der Waals surface area contributed by atoms with E-state index in [4.69, 9.17) is 9.84 Å². The van der Waals surface area contributed by atoms with Crippen molar-refractivity contribution in [2.75, 3.05) is 11.9 Å². The van der Waals surface area contributed by atoms with Crippen LogP contribution in [0.15, 0.2) is 48.0 Å². The summed E-state index contributed by atoms with van der Waals surface area (Å²) in [7, 11) is 0. The summed E-state index contributed by atoms with van der Waals surface area (Å²) in [6.45, 7) is -0.473. The third kappa shape index (κ3) is 5.29. The number of carboxylic acid groups (broad SMARTS) is 1. The van der Waals surface area contributed by atoms with Crippen molar-refractivity contribution in [2.24, 2.45) is 0 Å². The first-order chi connectivity index (χ1) is 12.4. The van der Waals surface area contributed by atoms with Gasteiger partial charge >= 0.3 is 5.97 Å². The van der Waals surface area contributed by atoms with E-state index < -0.39 is 24.3 Å². The van der Waals surface area contributed by atoms with Gasteiger partial charge in [0.1, 0.15) is 23.2 Å². The van der Waals surface area contributed by atoms with Crippen LogP contribution in [0.5, 0.6) is 5.75 Å². The lowest BCUT2D eigenvalue weighted by Gasteiger charge is -2.07. The predicted octanol–water partition coefficient (Wildman–Crippen LogP) is 3.44. The van der Waals surface area contributed by atoms with E-state index in [9.17, 15) is 19.2 Å². The summed E-state index contributed by atoms with van der Waals surface area (Å²) in [6.07, 6.45) is 1.35. The van der Waals surface area contributed by atoms with Crippen molar-refractivity contribution in [1.29, 1.82) is 5.26 Å². The number of ether oxygens (including phenoxy) is 1. The van der Waals surface area contributed by atoms with Gasteiger partial charge in [-0.05, 0) is 58.5 Å². The maximum atomic E-state index is 13.6. The highest BCUT2D eigenvalue weighted by Gasteiger charge is 2.12. The van der Waals surface area contributed by atoms with Crippen LogP contribution in [0, 0.1) is 20.7 Å². The Morgan fingerprint density at radius 3 is 2.65 bits per heavy atom. The number of anilines is 1. The lowest BCUT2D eigenvalue weighted by atomic mass is 10.1. The minimum Gasteiger partial charge on any atom is -0.481 e. The Labute approximate surface area is 162 Å². The normalized spacial score (nSPS) is 10.7. The molecule has 6 nitrogen and oxygen atoms in total. The summed E-state index contributed by atoms with van der Waals surface area (Å²) in [5, 5.41) is 20.2. The van der Waals surface area contributed by atoms with Gasteiger partial charge in [-0.25, -0.2) is 9.18 Å². The molecule has 0 aliphatic heterocycles. The number of carboxylic acids is 1. The van der Waals surface area contributed by atoms with E-state index in [1.165, 1.54) is 24.3 Å². The highest BCUT2D eigenvalue weighted by Crippen LogP contribution is 2.23. The van der Waals surface area contributed by atoms with Crippen molar-refractivity contribution < 1.29 is 23.8 Å². The number of amides is 1. The number of rotatable bonds is 6. The molecule has 2 rings (SSSR count). The number of carbonyl (C=O) groups excluding carboxylic acids is 1. The maximum Gasteiger partial charge on any atom is 0.341 e. The van der Waals surface area contributed by atoms with E-state index in [-0.39, 0.29) is 11.3 Å². The highest BCUT2D eigenvalue weighted by atomic mass is 127. The first kappa shape index (κ1) is 19.4. The fraction of sp³-hybridized carbons (Fsp3) is 0.0556. The van der Waals surface area contributed by atoms with E-state index in [0.29, 0.717) is 14.9 Å². The van der Waals surface area contributed by atoms with Crippen LogP contribution in [0.1, 0.15) is 5.56 Å². The second kappa shape index (κ2) is 8.96. The highest BCUT2D eigenvalue weighted by molar-refractivity contribution is 14.1. The molecule has 2 aromatic carbocycles. The summed E-state index contributed by atoms with van der Waals surface area (Å²) in [5.41, 5.74) is 0.311. The van der Waals surface area contributed by atoms with Gasteiger partial charge in [-0.3, -0.25) is 4.79 Å². The van der Waals surface area contributed by atoms with Crippen LogP contribution in [0.2, 0.25) is 0 Å². The molecule has 0 saturated heterocycles. The van der Waals surface area contributed by atoms with E-state index in [1.54, 1.807) is 30.3 Å². The van der Waals surface area contributed by atoms with Crippen molar-refractivity contribution in [3.05, 3.63) is 63.0 Å². The van der Waals surface area contributed by atoms with Gasteiger partial charge in [0.05, 0.1) is 9.26 Å². The largest absolute Gasteiger partial charge is 0.481 e. The Bertz CT molecular complexity index is 922. The van der Waals surface area contributed by atoms with E-state index in [1.807, 2.05) is 22.6 Å². The number of aliphatic carboxylic acids is 1. The van der Waals surface area contributed by atoms with E-state index in [0.717, 1.165) is 0 Å². The molecule has 0 heterocycles. The minimum absolute atomic E-state index is 0.0225. The number of nitriles is 1. The molecule has 0 saturated carbocycles. The van der Waals surface area contributed by atoms with Gasteiger partial charge in [-0.15, -0.1) is 0 Å². The molecule has 8 heteroatoms. The molecular formula is C18H12FIN2O4. The molecule has 0 atom stereocenters. The zero-order chi connectivity index (χ0) is 19.1. The number of hydrogen-bond donors (Lipinski definition) is 2. The van der Waals surface area contributed by atoms with Gasteiger partial charge in [-0.2, -0.15) is 5.26 Å². The van der Waals surface area contributed by atoms with Crippen LogP contribution in [-0.4, -0.2) is 23.6 Å². The molecule has 0 aliphatic rings. The van der Waals surface area contributed by atoms with Gasteiger partial charge < -0.3 is 15.2 Å². The molecule has 0 spiro atoms. The van der Waals surface area contributed by atoms with Gasteiger partial charge in [-0.1, -0.05) is 18.2 Å². The molecule has 132 valence electrons. The molecule has 0 aromatic heterocycles. The quantitative estimate of drug-likeness (QED) is 0.386. The number of carbonyl (C=O) groups is 2. The minimum atomic E-state index is -1.10. The number of hydrogen-bond acceptors (Lipinski definition) is 4. The molecule has 0 radical (unpaired) electrons. The van der Waals surface area contributed by atoms with Crippen molar-refractivity contribution in [3.63, 3.8) is 0 Å². The fourth-order valence-electron chi connectivity index (χ4n) is 1.93. The first-order valence-corrected chi connectivity index (χ1v) is 8.30.